The molecule has 0 aromatic heterocycles. The molecule has 0 radical (unpaired) electrons. The van der Waals surface area contributed by atoms with Gasteiger partial charge in [-0.05, 0) is 19.3 Å². The van der Waals surface area contributed by atoms with Crippen LogP contribution < -0.4 is 0 Å². The van der Waals surface area contributed by atoms with Gasteiger partial charge < -0.3 is 69.3 Å². The van der Waals surface area contributed by atoms with Crippen molar-refractivity contribution < 1.29 is 83.7 Å². The number of aliphatic carboxylic acids is 1. The number of unbranched alkanes of at least 4 members (excludes halogenated alkanes) is 12. The quantitative estimate of drug-likeness (QED) is 0.0395. The molecule has 55 heavy (non-hydrogen) atoms. The van der Waals surface area contributed by atoms with Crippen LogP contribution in [0, 0.1) is 0 Å². The molecule has 2 aliphatic heterocycles. The zero-order valence-corrected chi connectivity index (χ0v) is 32.5. The Kier molecular flexibility index (Phi) is 24.6. The van der Waals surface area contributed by atoms with E-state index >= 15 is 0 Å². The molecule has 2 fully saturated rings. The summed E-state index contributed by atoms with van der Waals surface area (Å²) >= 11 is 0. The highest BCUT2D eigenvalue weighted by Crippen LogP contribution is 2.31. The lowest BCUT2D eigenvalue weighted by Crippen LogP contribution is -2.65. The molecule has 2 saturated heterocycles. The van der Waals surface area contributed by atoms with Crippen LogP contribution in [0.4, 0.5) is 0 Å². The molecular weight excluding hydrogens is 728 g/mol. The van der Waals surface area contributed by atoms with E-state index < -0.39 is 105 Å². The molecule has 8 N–H and O–H groups in total. The van der Waals surface area contributed by atoms with Crippen LogP contribution in [0.1, 0.15) is 129 Å². The van der Waals surface area contributed by atoms with Crippen LogP contribution in [0.15, 0.2) is 0 Å². The molecule has 0 saturated carbocycles. The number of hydrogen-bond donors (Lipinski definition) is 8. The fourth-order valence-electron chi connectivity index (χ4n) is 6.67. The summed E-state index contributed by atoms with van der Waals surface area (Å²) in [5, 5.41) is 82.2. The molecule has 0 aromatic rings. The Hall–Kier alpha value is -2.03. The molecule has 0 bridgehead atoms. The summed E-state index contributed by atoms with van der Waals surface area (Å²) in [5.74, 6) is -2.36. The first-order valence-electron chi connectivity index (χ1n) is 20.1. The van der Waals surface area contributed by atoms with Crippen LogP contribution in [0.2, 0.25) is 0 Å². The second-order valence-corrected chi connectivity index (χ2v) is 14.8. The largest absolute Gasteiger partial charge is 0.481 e. The molecule has 2 rings (SSSR count). The molecule has 322 valence electrons. The van der Waals surface area contributed by atoms with E-state index in [0.29, 0.717) is 19.3 Å². The zero-order chi connectivity index (χ0) is 40.8. The van der Waals surface area contributed by atoms with Crippen molar-refractivity contribution in [3.63, 3.8) is 0 Å². The Morgan fingerprint density at radius 1 is 0.673 bits per heavy atom. The molecule has 2 unspecified atom stereocenters. The van der Waals surface area contributed by atoms with Gasteiger partial charge in [0.25, 0.3) is 0 Å². The summed E-state index contributed by atoms with van der Waals surface area (Å²) in [5.41, 5.74) is 0. The Balaban J connectivity index is 1.87. The maximum absolute atomic E-state index is 12.7. The van der Waals surface area contributed by atoms with Gasteiger partial charge in [-0.25, -0.2) is 0 Å². The van der Waals surface area contributed by atoms with Crippen molar-refractivity contribution in [3.8, 4) is 0 Å². The Morgan fingerprint density at radius 3 is 1.80 bits per heavy atom. The topological polar surface area (TPSA) is 268 Å². The van der Waals surface area contributed by atoms with Crippen molar-refractivity contribution in [3.05, 3.63) is 0 Å². The van der Waals surface area contributed by atoms with E-state index in [0.717, 1.165) is 90.4 Å². The monoisotopic (exact) mass is 796 g/mol. The van der Waals surface area contributed by atoms with Gasteiger partial charge in [-0.2, -0.15) is 0 Å². The van der Waals surface area contributed by atoms with Gasteiger partial charge in [0.15, 0.2) is 18.7 Å². The lowest BCUT2D eigenvalue weighted by molar-refractivity contribution is -0.360. The number of carbonyl (C=O) groups excluding carboxylic acids is 2. The average molecular weight is 797 g/mol. The van der Waals surface area contributed by atoms with Crippen LogP contribution in [0.5, 0.6) is 0 Å². The van der Waals surface area contributed by atoms with Crippen molar-refractivity contribution in [1.29, 1.82) is 0 Å². The minimum Gasteiger partial charge on any atom is -0.481 e. The molecular formula is C38H68O17. The molecule has 0 aliphatic carbocycles. The van der Waals surface area contributed by atoms with Crippen molar-refractivity contribution in [1.82, 2.24) is 0 Å². The van der Waals surface area contributed by atoms with Crippen LogP contribution in [0.25, 0.3) is 0 Å². The van der Waals surface area contributed by atoms with Gasteiger partial charge in [0.05, 0.1) is 31.8 Å². The number of aliphatic hydroxyl groups is 7. The fourth-order valence-corrected chi connectivity index (χ4v) is 6.67. The predicted molar refractivity (Wildman–Crippen MR) is 194 cm³/mol. The minimum atomic E-state index is -1.75. The number of carbonyl (C=O) groups is 3. The summed E-state index contributed by atoms with van der Waals surface area (Å²) in [7, 11) is 0. The summed E-state index contributed by atoms with van der Waals surface area (Å²) < 4.78 is 33.7. The number of rotatable bonds is 29. The lowest BCUT2D eigenvalue weighted by Gasteiger charge is -2.46. The molecule has 12 atom stereocenters. The molecule has 0 spiro atoms. The fraction of sp³-hybridized carbons (Fsp3) is 0.921. The first-order chi connectivity index (χ1) is 26.3. The van der Waals surface area contributed by atoms with Crippen LogP contribution in [0.3, 0.4) is 0 Å². The molecule has 17 heteroatoms. The molecule has 0 aromatic carbocycles. The third kappa shape index (κ3) is 18.9. The van der Waals surface area contributed by atoms with E-state index in [1.807, 2.05) is 0 Å². The Labute approximate surface area is 324 Å². The average Bonchev–Trinajstić information content (AvgIpc) is 3.13. The van der Waals surface area contributed by atoms with Crippen molar-refractivity contribution in [2.75, 3.05) is 19.8 Å². The van der Waals surface area contributed by atoms with Crippen molar-refractivity contribution in [2.45, 2.75) is 203 Å². The standard InChI is InChI=1S/C38H68O17/c1-3-4-5-11-16-19-30(45)54-36-32(47)31(46)27(21-39)52-38(36)55-35-28(23-50-24(2)40)53-37(34(49)33(35)48)51-22-26(42)18-15-13-10-8-6-7-9-12-14-17-25(41)20-29(43)44/h25-28,31-39,41-42,46-49H,3-23H2,1-2H3,(H,43,44)/t25?,26?,27-,28-,31-,32+,33-,34-,35-,36-,37-,38+/m1/s1. The second kappa shape index (κ2) is 27.6. The number of ether oxygens (including phenoxy) is 6. The van der Waals surface area contributed by atoms with E-state index in [2.05, 4.69) is 6.92 Å². The number of hydrogen-bond acceptors (Lipinski definition) is 16. The Morgan fingerprint density at radius 2 is 1.22 bits per heavy atom. The number of esters is 2. The summed E-state index contributed by atoms with van der Waals surface area (Å²) in [6.07, 6.45) is -3.81. The summed E-state index contributed by atoms with van der Waals surface area (Å²) in [4.78, 5) is 35.0. The highest BCUT2D eigenvalue weighted by atomic mass is 16.8. The van der Waals surface area contributed by atoms with Crippen LogP contribution in [-0.2, 0) is 42.8 Å². The Bertz CT molecular complexity index is 1060. The normalized spacial score (nSPS) is 29.4. The van der Waals surface area contributed by atoms with Gasteiger partial charge in [0.1, 0.15) is 49.3 Å². The predicted octanol–water partition coefficient (Wildman–Crippen LogP) is 1.60. The smallest absolute Gasteiger partial charge is 0.306 e. The molecule has 2 aliphatic rings. The minimum absolute atomic E-state index is 0.0292. The van der Waals surface area contributed by atoms with Gasteiger partial charge in [-0.15, -0.1) is 0 Å². The zero-order valence-electron chi connectivity index (χ0n) is 32.5. The molecule has 2 heterocycles. The molecule has 0 amide bonds. The van der Waals surface area contributed by atoms with Gasteiger partial charge in [0, 0.05) is 13.3 Å². The van der Waals surface area contributed by atoms with E-state index in [1.54, 1.807) is 0 Å². The number of carboxylic acids is 1. The van der Waals surface area contributed by atoms with Gasteiger partial charge in [-0.1, -0.05) is 90.4 Å². The number of carboxylic acid groups (broad SMARTS) is 1. The van der Waals surface area contributed by atoms with Crippen LogP contribution >= 0.6 is 0 Å². The SMILES string of the molecule is CCCCCCCC(=O)O[C@H]1[C@H](O[C@H]2[C@H](O)[C@@H](O)[C@H](OCC(O)CCCCCCCCCCCC(O)CC(=O)O)O[C@@H]2COC(C)=O)O[C@H](CO)[C@@H](O)[C@@H]1O. The first-order valence-corrected chi connectivity index (χ1v) is 20.1. The van der Waals surface area contributed by atoms with Crippen LogP contribution in [-0.4, -0.2) is 152 Å². The maximum atomic E-state index is 12.7. The van der Waals surface area contributed by atoms with E-state index in [4.69, 9.17) is 33.5 Å². The van der Waals surface area contributed by atoms with Gasteiger partial charge in [-0.3, -0.25) is 14.4 Å². The number of aliphatic hydroxyl groups excluding tert-OH is 7. The van der Waals surface area contributed by atoms with Gasteiger partial charge >= 0.3 is 17.9 Å². The first kappa shape index (κ1) is 49.1. The highest BCUT2D eigenvalue weighted by Gasteiger charge is 2.52. The van der Waals surface area contributed by atoms with E-state index in [9.17, 15) is 50.1 Å². The lowest BCUT2D eigenvalue weighted by atomic mass is 9.96. The van der Waals surface area contributed by atoms with E-state index in [1.165, 1.54) is 0 Å². The highest BCUT2D eigenvalue weighted by molar-refractivity contribution is 5.69. The second-order valence-electron chi connectivity index (χ2n) is 14.8. The third-order valence-electron chi connectivity index (χ3n) is 9.90. The van der Waals surface area contributed by atoms with E-state index in [-0.39, 0.29) is 19.4 Å². The summed E-state index contributed by atoms with van der Waals surface area (Å²) in [6, 6.07) is 0. The van der Waals surface area contributed by atoms with Crippen molar-refractivity contribution >= 4 is 17.9 Å². The molecule has 17 nitrogen and oxygen atoms in total. The third-order valence-corrected chi connectivity index (χ3v) is 9.90. The summed E-state index contributed by atoms with van der Waals surface area (Å²) in [6.45, 7) is 1.79. The maximum Gasteiger partial charge on any atom is 0.306 e. The van der Waals surface area contributed by atoms with Gasteiger partial charge in [0.2, 0.25) is 0 Å². The van der Waals surface area contributed by atoms with Crippen molar-refractivity contribution in [2.24, 2.45) is 0 Å².